The molecule has 1 saturated heterocycles. The van der Waals surface area contributed by atoms with Gasteiger partial charge in [-0.15, -0.1) is 0 Å². The highest BCUT2D eigenvalue weighted by molar-refractivity contribution is 5.92. The van der Waals surface area contributed by atoms with E-state index in [1.165, 1.54) is 36.6 Å². The van der Waals surface area contributed by atoms with Crippen LogP contribution in [0, 0.1) is 5.92 Å². The molecule has 2 aromatic carbocycles. The number of benzene rings is 2. The lowest BCUT2D eigenvalue weighted by Gasteiger charge is -2.69. The molecule has 7 rings (SSSR count). The van der Waals surface area contributed by atoms with Crippen LogP contribution in [0.2, 0.25) is 0 Å². The highest BCUT2D eigenvalue weighted by atomic mass is 19.4. The molecule has 0 aromatic heterocycles. The summed E-state index contributed by atoms with van der Waals surface area (Å²) in [6, 6.07) is 8.83. The molecule has 2 saturated carbocycles. The second-order valence-electron chi connectivity index (χ2n) is 13.2. The number of nitrogens with zero attached hydrogens (tertiary/aromatic N) is 3. The first-order valence-electron chi connectivity index (χ1n) is 15.0. The third-order valence-corrected chi connectivity index (χ3v) is 11.0. The Bertz CT molecular complexity index is 1450. The number of aromatic hydroxyl groups is 1. The molecule has 3 fully saturated rings. The van der Waals surface area contributed by atoms with Crippen molar-refractivity contribution in [2.24, 2.45) is 5.92 Å². The number of likely N-dealkylation sites (tertiary alicyclic amines) is 1. The Morgan fingerprint density at radius 1 is 1.14 bits per heavy atom. The fraction of sp³-hybridized carbons (Fsp3) is 0.545. The number of phenolic OH excluding ortho intramolecular Hbond substituents is 1. The second-order valence-corrected chi connectivity index (χ2v) is 13.2. The molecule has 224 valence electrons. The zero-order valence-corrected chi connectivity index (χ0v) is 24.3. The minimum Gasteiger partial charge on any atom is -0.504 e. The van der Waals surface area contributed by atoms with Gasteiger partial charge in [-0.2, -0.15) is 13.2 Å². The lowest BCUT2D eigenvalue weighted by Crippen LogP contribution is -2.82. The van der Waals surface area contributed by atoms with E-state index >= 15 is 0 Å². The first-order chi connectivity index (χ1) is 20.0. The van der Waals surface area contributed by atoms with E-state index in [-0.39, 0.29) is 29.3 Å². The van der Waals surface area contributed by atoms with Crippen molar-refractivity contribution in [1.82, 2.24) is 14.7 Å². The fourth-order valence-electron chi connectivity index (χ4n) is 9.04. The molecule has 2 unspecified atom stereocenters. The molecular formula is C33H38F3N3O3. The van der Waals surface area contributed by atoms with Crippen LogP contribution in [-0.2, 0) is 22.8 Å². The van der Waals surface area contributed by atoms with Crippen LogP contribution in [-0.4, -0.2) is 83.7 Å². The van der Waals surface area contributed by atoms with E-state index in [2.05, 4.69) is 30.0 Å². The summed E-state index contributed by atoms with van der Waals surface area (Å²) in [4.78, 5) is 20.4. The van der Waals surface area contributed by atoms with Gasteiger partial charge in [-0.25, -0.2) is 0 Å². The predicted octanol–water partition coefficient (Wildman–Crippen LogP) is 5.08. The Hall–Kier alpha value is -3.04. The number of ether oxygens (including phenoxy) is 1. The van der Waals surface area contributed by atoms with Crippen molar-refractivity contribution in [3.05, 3.63) is 64.7 Å². The standard InChI is InChI=1S/C33H38F3N3O3/c1-37(2)32-14-13-24(38(3)27(41)12-9-20-5-4-6-23(17-20)33(34,35)36)30-31(32)15-16-39(19-21-7-8-21)26(32)18-22-10-11-25(40)29(42-30)28(22)31/h4-6,9-12,17,21,24,26,30,40H,7-8,13-16,18-19H2,1-3H3/b12-9+/t24?,26-,30?,31+,32-/m1/s1. The topological polar surface area (TPSA) is 56.2 Å². The highest BCUT2D eigenvalue weighted by Crippen LogP contribution is 2.67. The summed E-state index contributed by atoms with van der Waals surface area (Å²) in [6.07, 6.45) is 3.98. The minimum absolute atomic E-state index is 0.140. The summed E-state index contributed by atoms with van der Waals surface area (Å²) in [7, 11) is 6.11. The van der Waals surface area contributed by atoms with Crippen LogP contribution in [0.4, 0.5) is 13.2 Å². The Morgan fingerprint density at radius 3 is 2.64 bits per heavy atom. The molecule has 9 heteroatoms. The number of hydrogen-bond donors (Lipinski definition) is 1. The summed E-state index contributed by atoms with van der Waals surface area (Å²) < 4.78 is 46.4. The average Bonchev–Trinajstić information content (AvgIpc) is 3.70. The van der Waals surface area contributed by atoms with Crippen LogP contribution in [0.15, 0.2) is 42.5 Å². The van der Waals surface area contributed by atoms with Gasteiger partial charge in [0.05, 0.1) is 17.0 Å². The van der Waals surface area contributed by atoms with Crippen molar-refractivity contribution in [3.8, 4) is 11.5 Å². The Labute approximate surface area is 244 Å². The van der Waals surface area contributed by atoms with Crippen LogP contribution < -0.4 is 4.74 Å². The third-order valence-electron chi connectivity index (χ3n) is 11.0. The maximum absolute atomic E-state index is 13.5. The molecule has 0 radical (unpaired) electrons. The summed E-state index contributed by atoms with van der Waals surface area (Å²) in [5.74, 6) is 1.19. The van der Waals surface area contributed by atoms with E-state index in [0.29, 0.717) is 17.4 Å². The molecule has 2 aliphatic heterocycles. The van der Waals surface area contributed by atoms with Crippen molar-refractivity contribution in [1.29, 1.82) is 0 Å². The monoisotopic (exact) mass is 581 g/mol. The maximum atomic E-state index is 13.5. The van der Waals surface area contributed by atoms with Crippen LogP contribution in [0.3, 0.4) is 0 Å². The number of piperidine rings is 1. The van der Waals surface area contributed by atoms with Gasteiger partial charge >= 0.3 is 6.18 Å². The predicted molar refractivity (Wildman–Crippen MR) is 153 cm³/mol. The van der Waals surface area contributed by atoms with Crippen molar-refractivity contribution >= 4 is 12.0 Å². The van der Waals surface area contributed by atoms with Crippen molar-refractivity contribution in [2.75, 3.05) is 34.2 Å². The molecule has 2 bridgehead atoms. The number of phenols is 1. The average molecular weight is 582 g/mol. The quantitative estimate of drug-likeness (QED) is 0.482. The number of hydrogen-bond acceptors (Lipinski definition) is 5. The Kier molecular flexibility index (Phi) is 6.27. The van der Waals surface area contributed by atoms with E-state index in [1.807, 2.05) is 0 Å². The van der Waals surface area contributed by atoms with Gasteiger partial charge in [-0.05, 0) is 100 Å². The maximum Gasteiger partial charge on any atom is 0.416 e. The summed E-state index contributed by atoms with van der Waals surface area (Å²) >= 11 is 0. The molecule has 5 atom stereocenters. The molecule has 6 nitrogen and oxygen atoms in total. The number of carbonyl (C=O) groups excluding carboxylic acids is 1. The third kappa shape index (κ3) is 3.88. The molecular weight excluding hydrogens is 543 g/mol. The largest absolute Gasteiger partial charge is 0.504 e. The molecule has 3 aliphatic carbocycles. The van der Waals surface area contributed by atoms with Crippen LogP contribution >= 0.6 is 0 Å². The first kappa shape index (κ1) is 27.8. The smallest absolute Gasteiger partial charge is 0.416 e. The highest BCUT2D eigenvalue weighted by Gasteiger charge is 2.74. The molecule has 1 N–H and O–H groups in total. The van der Waals surface area contributed by atoms with E-state index in [9.17, 15) is 23.1 Å². The Balaban J connectivity index is 1.25. The van der Waals surface area contributed by atoms with Gasteiger partial charge in [0.2, 0.25) is 5.91 Å². The van der Waals surface area contributed by atoms with Gasteiger partial charge in [0.25, 0.3) is 0 Å². The molecule has 2 aromatic rings. The van der Waals surface area contributed by atoms with E-state index in [1.54, 1.807) is 24.1 Å². The van der Waals surface area contributed by atoms with Gasteiger partial charge in [0.1, 0.15) is 6.10 Å². The molecule has 5 aliphatic rings. The van der Waals surface area contributed by atoms with E-state index in [4.69, 9.17) is 4.74 Å². The normalized spacial score (nSPS) is 31.7. The SMILES string of the molecule is CN(C(=O)/C=C/c1cccc(C(F)(F)F)c1)C1CC[C@@]2(N(C)C)[C@H]3Cc4ccc(O)c5c4[C@@]2(CCN3CC2CC2)C1O5. The number of likely N-dealkylation sites (N-methyl/N-ethyl adjacent to an activating group) is 2. The lowest BCUT2D eigenvalue weighted by atomic mass is 9.46. The van der Waals surface area contributed by atoms with Crippen molar-refractivity contribution in [2.45, 2.75) is 73.8 Å². The summed E-state index contributed by atoms with van der Waals surface area (Å²) in [5.41, 5.74) is 1.30. The van der Waals surface area contributed by atoms with Gasteiger partial charge in [0.15, 0.2) is 11.5 Å². The molecule has 42 heavy (non-hydrogen) atoms. The number of rotatable bonds is 6. The first-order valence-corrected chi connectivity index (χ1v) is 15.0. The fourth-order valence-corrected chi connectivity index (χ4v) is 9.04. The van der Waals surface area contributed by atoms with E-state index < -0.39 is 17.2 Å². The van der Waals surface area contributed by atoms with Gasteiger partial charge in [-0.1, -0.05) is 18.2 Å². The summed E-state index contributed by atoms with van der Waals surface area (Å²) in [6.45, 7) is 2.06. The zero-order chi connectivity index (χ0) is 29.6. The van der Waals surface area contributed by atoms with Crippen LogP contribution in [0.1, 0.15) is 54.4 Å². The van der Waals surface area contributed by atoms with Crippen LogP contribution in [0.25, 0.3) is 6.08 Å². The van der Waals surface area contributed by atoms with Crippen LogP contribution in [0.5, 0.6) is 11.5 Å². The zero-order valence-electron chi connectivity index (χ0n) is 24.3. The number of amides is 1. The number of alkyl halides is 3. The van der Waals surface area contributed by atoms with Gasteiger partial charge in [-0.3, -0.25) is 9.69 Å². The summed E-state index contributed by atoms with van der Waals surface area (Å²) in [5, 5.41) is 11.0. The van der Waals surface area contributed by atoms with Crippen molar-refractivity contribution in [3.63, 3.8) is 0 Å². The number of carbonyl (C=O) groups is 1. The Morgan fingerprint density at radius 2 is 1.93 bits per heavy atom. The number of halogens is 3. The van der Waals surface area contributed by atoms with Gasteiger partial charge < -0.3 is 19.6 Å². The molecule has 2 heterocycles. The minimum atomic E-state index is -4.45. The van der Waals surface area contributed by atoms with Gasteiger partial charge in [0, 0.05) is 36.8 Å². The lowest BCUT2D eigenvalue weighted by molar-refractivity contribution is -0.160. The van der Waals surface area contributed by atoms with E-state index in [0.717, 1.165) is 62.4 Å². The second kappa shape index (κ2) is 9.48. The molecule has 1 spiro atoms. The van der Waals surface area contributed by atoms with Crippen molar-refractivity contribution < 1.29 is 27.8 Å². The molecule has 1 amide bonds.